The first-order valence-electron chi connectivity index (χ1n) is 3.20. The number of hydrogen-bond acceptors (Lipinski definition) is 3. The number of thiol groups is 1. The standard InChI is InChI=1S/C7H12O2S/c1-3-4-9-7(8)5-6(2)10/h5,10H,3-4H2,1-2H3/b6-5-. The highest BCUT2D eigenvalue weighted by molar-refractivity contribution is 7.84. The number of ether oxygens (including phenoxy) is 1. The average Bonchev–Trinajstić information content (AvgIpc) is 1.82. The van der Waals surface area contributed by atoms with Gasteiger partial charge in [-0.05, 0) is 18.2 Å². The molecule has 0 saturated carbocycles. The minimum atomic E-state index is -0.311. The van der Waals surface area contributed by atoms with E-state index in [4.69, 9.17) is 4.74 Å². The third kappa shape index (κ3) is 5.69. The Bertz CT molecular complexity index is 137. The van der Waals surface area contributed by atoms with Crippen LogP contribution >= 0.6 is 12.6 Å². The van der Waals surface area contributed by atoms with Crippen molar-refractivity contribution in [2.24, 2.45) is 0 Å². The highest BCUT2D eigenvalue weighted by Crippen LogP contribution is 1.97. The van der Waals surface area contributed by atoms with Crippen molar-refractivity contribution < 1.29 is 9.53 Å². The summed E-state index contributed by atoms with van der Waals surface area (Å²) < 4.78 is 4.74. The van der Waals surface area contributed by atoms with Gasteiger partial charge in [0.1, 0.15) is 0 Å². The van der Waals surface area contributed by atoms with Crippen LogP contribution in [0.4, 0.5) is 0 Å². The van der Waals surface area contributed by atoms with Crippen LogP contribution in [-0.4, -0.2) is 12.6 Å². The lowest BCUT2D eigenvalue weighted by atomic mass is 10.5. The van der Waals surface area contributed by atoms with Crippen LogP contribution < -0.4 is 0 Å². The fourth-order valence-electron chi connectivity index (χ4n) is 0.415. The fourth-order valence-corrected chi connectivity index (χ4v) is 0.520. The lowest BCUT2D eigenvalue weighted by Crippen LogP contribution is -2.01. The van der Waals surface area contributed by atoms with Crippen LogP contribution in [0.25, 0.3) is 0 Å². The Morgan fingerprint density at radius 1 is 1.70 bits per heavy atom. The Morgan fingerprint density at radius 3 is 2.70 bits per heavy atom. The molecular weight excluding hydrogens is 148 g/mol. The largest absolute Gasteiger partial charge is 0.463 e. The molecule has 2 nitrogen and oxygen atoms in total. The molecule has 0 spiro atoms. The third-order valence-electron chi connectivity index (χ3n) is 0.775. The van der Waals surface area contributed by atoms with Crippen LogP contribution in [0.1, 0.15) is 20.3 Å². The number of carbonyl (C=O) groups excluding carboxylic acids is 1. The van der Waals surface area contributed by atoms with Gasteiger partial charge in [0.05, 0.1) is 6.61 Å². The number of esters is 1. The molecule has 0 radical (unpaired) electrons. The number of carbonyl (C=O) groups is 1. The molecule has 0 unspecified atom stereocenters. The van der Waals surface area contributed by atoms with Gasteiger partial charge in [0.25, 0.3) is 0 Å². The second-order valence-corrected chi connectivity index (χ2v) is 2.66. The van der Waals surface area contributed by atoms with Crippen molar-refractivity contribution in [1.82, 2.24) is 0 Å². The summed E-state index contributed by atoms with van der Waals surface area (Å²) >= 11 is 3.92. The predicted molar refractivity (Wildman–Crippen MR) is 44.0 cm³/mol. The molecule has 0 aromatic heterocycles. The van der Waals surface area contributed by atoms with E-state index >= 15 is 0 Å². The fraction of sp³-hybridized carbons (Fsp3) is 0.571. The first kappa shape index (κ1) is 9.56. The summed E-state index contributed by atoms with van der Waals surface area (Å²) in [5, 5.41) is 0. The number of allylic oxidation sites excluding steroid dienone is 1. The Morgan fingerprint density at radius 2 is 2.30 bits per heavy atom. The van der Waals surface area contributed by atoms with Crippen molar-refractivity contribution in [1.29, 1.82) is 0 Å². The van der Waals surface area contributed by atoms with E-state index in [2.05, 4.69) is 12.6 Å². The number of hydrogen-bond donors (Lipinski definition) is 1. The summed E-state index contributed by atoms with van der Waals surface area (Å²) in [6, 6.07) is 0. The lowest BCUT2D eigenvalue weighted by molar-refractivity contribution is -0.137. The maximum Gasteiger partial charge on any atom is 0.331 e. The zero-order chi connectivity index (χ0) is 7.98. The zero-order valence-corrected chi connectivity index (χ0v) is 7.15. The van der Waals surface area contributed by atoms with Gasteiger partial charge in [-0.15, -0.1) is 12.6 Å². The smallest absolute Gasteiger partial charge is 0.331 e. The minimum absolute atomic E-state index is 0.311. The van der Waals surface area contributed by atoms with Crippen molar-refractivity contribution in [2.45, 2.75) is 20.3 Å². The van der Waals surface area contributed by atoms with E-state index in [0.717, 1.165) is 6.42 Å². The first-order chi connectivity index (χ1) is 4.66. The summed E-state index contributed by atoms with van der Waals surface area (Å²) in [5.41, 5.74) is 0. The maximum absolute atomic E-state index is 10.7. The molecule has 0 aromatic rings. The van der Waals surface area contributed by atoms with Crippen LogP contribution in [-0.2, 0) is 9.53 Å². The Hall–Kier alpha value is -0.440. The van der Waals surface area contributed by atoms with E-state index in [1.807, 2.05) is 6.92 Å². The van der Waals surface area contributed by atoms with Crippen molar-refractivity contribution in [2.75, 3.05) is 6.61 Å². The molecule has 0 aliphatic heterocycles. The van der Waals surface area contributed by atoms with Gasteiger partial charge in [0, 0.05) is 6.08 Å². The third-order valence-corrected chi connectivity index (χ3v) is 0.904. The predicted octanol–water partition coefficient (Wildman–Crippen LogP) is 1.77. The molecule has 58 valence electrons. The molecule has 0 aliphatic rings. The minimum Gasteiger partial charge on any atom is -0.463 e. The van der Waals surface area contributed by atoms with Gasteiger partial charge >= 0.3 is 5.97 Å². The molecule has 3 heteroatoms. The van der Waals surface area contributed by atoms with E-state index in [1.165, 1.54) is 6.08 Å². The van der Waals surface area contributed by atoms with Crippen molar-refractivity contribution in [3.05, 3.63) is 11.0 Å². The quantitative estimate of drug-likeness (QED) is 0.387. The van der Waals surface area contributed by atoms with E-state index in [1.54, 1.807) is 6.92 Å². The summed E-state index contributed by atoms with van der Waals surface area (Å²) in [7, 11) is 0. The van der Waals surface area contributed by atoms with Crippen molar-refractivity contribution >= 4 is 18.6 Å². The second-order valence-electron chi connectivity index (χ2n) is 1.95. The molecule has 0 saturated heterocycles. The van der Waals surface area contributed by atoms with Gasteiger partial charge in [-0.2, -0.15) is 0 Å². The first-order valence-corrected chi connectivity index (χ1v) is 3.65. The average molecular weight is 160 g/mol. The number of rotatable bonds is 3. The Balaban J connectivity index is 3.54. The molecule has 0 aliphatic carbocycles. The summed E-state index contributed by atoms with van der Waals surface area (Å²) in [6.07, 6.45) is 2.21. The van der Waals surface area contributed by atoms with Gasteiger partial charge < -0.3 is 4.74 Å². The van der Waals surface area contributed by atoms with Gasteiger partial charge in [-0.3, -0.25) is 0 Å². The molecular formula is C7H12O2S. The molecule has 0 heterocycles. The molecule has 0 bridgehead atoms. The van der Waals surface area contributed by atoms with Crippen LogP contribution in [0, 0.1) is 0 Å². The SMILES string of the molecule is CCCOC(=O)/C=C(/C)S. The van der Waals surface area contributed by atoms with E-state index in [9.17, 15) is 4.79 Å². The van der Waals surface area contributed by atoms with Crippen LogP contribution in [0.3, 0.4) is 0 Å². The van der Waals surface area contributed by atoms with Crippen LogP contribution in [0.5, 0.6) is 0 Å². The molecule has 0 N–H and O–H groups in total. The maximum atomic E-state index is 10.7. The van der Waals surface area contributed by atoms with Crippen LogP contribution in [0.2, 0.25) is 0 Å². The Labute approximate surface area is 66.7 Å². The highest BCUT2D eigenvalue weighted by Gasteiger charge is 1.94. The van der Waals surface area contributed by atoms with Crippen molar-refractivity contribution in [3.63, 3.8) is 0 Å². The molecule has 0 amide bonds. The van der Waals surface area contributed by atoms with E-state index in [0.29, 0.717) is 11.5 Å². The topological polar surface area (TPSA) is 26.3 Å². The van der Waals surface area contributed by atoms with Crippen LogP contribution in [0.15, 0.2) is 11.0 Å². The summed E-state index contributed by atoms with van der Waals surface area (Å²) in [4.78, 5) is 11.3. The molecule has 0 fully saturated rings. The summed E-state index contributed by atoms with van der Waals surface area (Å²) in [6.45, 7) is 4.16. The highest BCUT2D eigenvalue weighted by atomic mass is 32.1. The van der Waals surface area contributed by atoms with Crippen molar-refractivity contribution in [3.8, 4) is 0 Å². The second kappa shape index (κ2) is 5.35. The van der Waals surface area contributed by atoms with Gasteiger partial charge in [-0.25, -0.2) is 4.79 Å². The molecule has 0 rings (SSSR count). The monoisotopic (exact) mass is 160 g/mol. The van der Waals surface area contributed by atoms with Gasteiger partial charge in [-0.1, -0.05) is 6.92 Å². The van der Waals surface area contributed by atoms with E-state index < -0.39 is 0 Å². The van der Waals surface area contributed by atoms with Gasteiger partial charge in [0.2, 0.25) is 0 Å². The zero-order valence-electron chi connectivity index (χ0n) is 6.26. The van der Waals surface area contributed by atoms with Gasteiger partial charge in [0.15, 0.2) is 0 Å². The molecule has 10 heavy (non-hydrogen) atoms. The lowest BCUT2D eigenvalue weighted by Gasteiger charge is -1.96. The Kier molecular flexibility index (Phi) is 5.12. The van der Waals surface area contributed by atoms with E-state index in [-0.39, 0.29) is 5.97 Å². The molecule has 0 atom stereocenters. The molecule has 0 aromatic carbocycles. The summed E-state index contributed by atoms with van der Waals surface area (Å²) in [5.74, 6) is -0.311. The normalized spacial score (nSPS) is 11.3.